The highest BCUT2D eigenvalue weighted by Crippen LogP contribution is 2.29. The second-order valence-electron chi connectivity index (χ2n) is 7.62. The van der Waals surface area contributed by atoms with Crippen molar-refractivity contribution in [2.75, 3.05) is 31.3 Å². The number of amides is 2. The predicted octanol–water partition coefficient (Wildman–Crippen LogP) is 2.46. The predicted molar refractivity (Wildman–Crippen MR) is 117 cm³/mol. The van der Waals surface area contributed by atoms with E-state index in [0.29, 0.717) is 31.1 Å². The number of benzene rings is 2. The first-order valence-electron chi connectivity index (χ1n) is 10.4. The Morgan fingerprint density at radius 3 is 2.72 bits per heavy atom. The van der Waals surface area contributed by atoms with Gasteiger partial charge in [0.05, 0.1) is 25.3 Å². The third-order valence-corrected chi connectivity index (χ3v) is 5.21. The van der Waals surface area contributed by atoms with Crippen LogP contribution in [0, 0.1) is 5.82 Å². The van der Waals surface area contributed by atoms with Crippen LogP contribution in [0.15, 0.2) is 54.4 Å². The van der Waals surface area contributed by atoms with E-state index in [4.69, 9.17) is 9.47 Å². The summed E-state index contributed by atoms with van der Waals surface area (Å²) in [5, 5.41) is 8.90. The average molecular weight is 440 g/mol. The van der Waals surface area contributed by atoms with E-state index in [1.165, 1.54) is 17.9 Å². The summed E-state index contributed by atoms with van der Waals surface area (Å²) in [4.78, 5) is 24.6. The van der Waals surface area contributed by atoms with Crippen LogP contribution in [0.5, 0.6) is 0 Å². The fourth-order valence-corrected chi connectivity index (χ4v) is 3.57. The highest BCUT2D eigenvalue weighted by molar-refractivity contribution is 5.90. The quantitative estimate of drug-likeness (QED) is 0.584. The number of hydrogen-bond donors (Lipinski definition) is 3. The molecule has 8 nitrogen and oxygen atoms in total. The molecule has 168 valence electrons. The normalized spacial score (nSPS) is 17.4. The van der Waals surface area contributed by atoms with Crippen LogP contribution < -0.4 is 20.9 Å². The monoisotopic (exact) mass is 440 g/mol. The Morgan fingerprint density at radius 2 is 2.03 bits per heavy atom. The number of carbonyl (C=O) groups is 2. The Hall–Kier alpha value is -3.59. The van der Waals surface area contributed by atoms with Crippen molar-refractivity contribution in [3.05, 3.63) is 65.8 Å². The Balaban J connectivity index is 1.37. The summed E-state index contributed by atoms with van der Waals surface area (Å²) in [6, 6.07) is 12.3. The fourth-order valence-electron chi connectivity index (χ4n) is 3.57. The molecule has 1 saturated heterocycles. The molecule has 3 N–H and O–H groups in total. The van der Waals surface area contributed by atoms with Crippen LogP contribution >= 0.6 is 0 Å². The molecule has 2 aliphatic heterocycles. The van der Waals surface area contributed by atoms with Gasteiger partial charge in [-0.25, -0.2) is 9.18 Å². The lowest BCUT2D eigenvalue weighted by molar-refractivity contribution is -0.119. The number of carbonyl (C=O) groups excluding carboxylic acids is 2. The molecule has 1 atom stereocenters. The Bertz CT molecular complexity index is 1030. The molecule has 0 radical (unpaired) electrons. The lowest BCUT2D eigenvalue weighted by Crippen LogP contribution is -2.33. The molecule has 4 rings (SSSR count). The maximum Gasteiger partial charge on any atom is 0.414 e. The average Bonchev–Trinajstić information content (AvgIpc) is 3.42. The number of anilines is 1. The van der Waals surface area contributed by atoms with Crippen molar-refractivity contribution < 1.29 is 23.5 Å². The van der Waals surface area contributed by atoms with Crippen molar-refractivity contribution in [2.24, 2.45) is 0 Å². The SMILES string of the molecule is CC(=O)NCC1CN(c2ccc(-c3ccc(CNCC4=CNCO4)cc3)c(F)c2)C(=O)O1. The molecule has 2 aromatic rings. The van der Waals surface area contributed by atoms with Crippen LogP contribution in [0.4, 0.5) is 14.9 Å². The van der Waals surface area contributed by atoms with Crippen molar-refractivity contribution in [1.29, 1.82) is 0 Å². The minimum absolute atomic E-state index is 0.200. The van der Waals surface area contributed by atoms with Gasteiger partial charge in [-0.05, 0) is 29.3 Å². The van der Waals surface area contributed by atoms with Gasteiger partial charge in [0.15, 0.2) is 6.73 Å². The Morgan fingerprint density at radius 1 is 1.22 bits per heavy atom. The lowest BCUT2D eigenvalue weighted by atomic mass is 10.0. The van der Waals surface area contributed by atoms with E-state index in [9.17, 15) is 14.0 Å². The van der Waals surface area contributed by atoms with Gasteiger partial charge in [-0.2, -0.15) is 0 Å². The second-order valence-corrected chi connectivity index (χ2v) is 7.62. The van der Waals surface area contributed by atoms with Gasteiger partial charge in [-0.15, -0.1) is 0 Å². The molecule has 0 spiro atoms. The van der Waals surface area contributed by atoms with Gasteiger partial charge in [-0.1, -0.05) is 24.3 Å². The number of cyclic esters (lactones) is 1. The van der Waals surface area contributed by atoms with Crippen LogP contribution in [-0.2, 0) is 20.8 Å². The smallest absolute Gasteiger partial charge is 0.414 e. The summed E-state index contributed by atoms with van der Waals surface area (Å²) in [6.07, 6.45) is 0.815. The molecule has 2 heterocycles. The summed E-state index contributed by atoms with van der Waals surface area (Å²) in [5.74, 6) is 0.241. The van der Waals surface area contributed by atoms with Crippen molar-refractivity contribution in [3.8, 4) is 11.1 Å². The largest absolute Gasteiger partial charge is 0.475 e. The molecule has 1 unspecified atom stereocenters. The van der Waals surface area contributed by atoms with Gasteiger partial charge in [0.25, 0.3) is 0 Å². The minimum atomic E-state index is -0.557. The number of nitrogens with one attached hydrogen (secondary N) is 3. The van der Waals surface area contributed by atoms with Crippen LogP contribution in [0.2, 0.25) is 0 Å². The molecule has 9 heteroatoms. The Kier molecular flexibility index (Phi) is 6.55. The summed E-state index contributed by atoms with van der Waals surface area (Å²) in [6.45, 7) is 3.67. The second kappa shape index (κ2) is 9.69. The van der Waals surface area contributed by atoms with Crippen molar-refractivity contribution in [1.82, 2.24) is 16.0 Å². The van der Waals surface area contributed by atoms with E-state index in [1.807, 2.05) is 30.5 Å². The maximum absolute atomic E-state index is 14.9. The van der Waals surface area contributed by atoms with Crippen LogP contribution in [0.25, 0.3) is 11.1 Å². The zero-order chi connectivity index (χ0) is 22.5. The van der Waals surface area contributed by atoms with E-state index in [1.54, 1.807) is 12.1 Å². The summed E-state index contributed by atoms with van der Waals surface area (Å²) < 4.78 is 25.5. The third kappa shape index (κ3) is 5.17. The van der Waals surface area contributed by atoms with E-state index >= 15 is 0 Å². The first-order valence-corrected chi connectivity index (χ1v) is 10.4. The standard InChI is InChI=1S/C23H25FN4O4/c1-15(29)27-12-20-13-28(23(30)32-20)18-6-7-21(22(24)8-18)17-4-2-16(3-5-17)9-25-10-19-11-26-14-31-19/h2-8,11,20,25-26H,9-10,12-14H2,1H3,(H,27,29). The molecule has 32 heavy (non-hydrogen) atoms. The topological polar surface area (TPSA) is 91.9 Å². The highest BCUT2D eigenvalue weighted by Gasteiger charge is 2.32. The fraction of sp³-hybridized carbons (Fsp3) is 0.304. The van der Waals surface area contributed by atoms with Gasteiger partial charge in [0.1, 0.15) is 17.7 Å². The first-order chi connectivity index (χ1) is 15.5. The molecule has 0 aromatic heterocycles. The number of ether oxygens (including phenoxy) is 2. The molecule has 2 amide bonds. The van der Waals surface area contributed by atoms with Crippen molar-refractivity contribution in [3.63, 3.8) is 0 Å². The van der Waals surface area contributed by atoms with Crippen LogP contribution in [0.3, 0.4) is 0 Å². The van der Waals surface area contributed by atoms with Gasteiger partial charge in [-0.3, -0.25) is 9.69 Å². The van der Waals surface area contributed by atoms with Gasteiger partial charge in [0.2, 0.25) is 5.91 Å². The summed E-state index contributed by atoms with van der Waals surface area (Å²) in [5.41, 5.74) is 2.69. The van der Waals surface area contributed by atoms with E-state index in [-0.39, 0.29) is 19.0 Å². The van der Waals surface area contributed by atoms with Gasteiger partial charge in [0, 0.05) is 25.2 Å². The lowest BCUT2D eigenvalue weighted by Gasteiger charge is -2.15. The van der Waals surface area contributed by atoms with Crippen LogP contribution in [-0.4, -0.2) is 44.5 Å². The summed E-state index contributed by atoms with van der Waals surface area (Å²) >= 11 is 0. The van der Waals surface area contributed by atoms with Crippen molar-refractivity contribution in [2.45, 2.75) is 19.6 Å². The zero-order valence-electron chi connectivity index (χ0n) is 17.7. The molecule has 0 saturated carbocycles. The highest BCUT2D eigenvalue weighted by atomic mass is 19.1. The van der Waals surface area contributed by atoms with Crippen molar-refractivity contribution >= 4 is 17.7 Å². The molecular formula is C23H25FN4O4. The number of rotatable bonds is 8. The van der Waals surface area contributed by atoms with E-state index in [0.717, 1.165) is 16.9 Å². The first kappa shape index (κ1) is 21.6. The molecule has 2 aliphatic rings. The molecule has 0 bridgehead atoms. The molecule has 2 aromatic carbocycles. The van der Waals surface area contributed by atoms with E-state index < -0.39 is 18.0 Å². The minimum Gasteiger partial charge on any atom is -0.475 e. The molecular weight excluding hydrogens is 415 g/mol. The molecule has 1 fully saturated rings. The number of hydrogen-bond acceptors (Lipinski definition) is 6. The van der Waals surface area contributed by atoms with Crippen LogP contribution in [0.1, 0.15) is 12.5 Å². The Labute approximate surface area is 185 Å². The maximum atomic E-state index is 14.9. The molecule has 0 aliphatic carbocycles. The summed E-state index contributed by atoms with van der Waals surface area (Å²) in [7, 11) is 0. The number of halogens is 1. The van der Waals surface area contributed by atoms with Gasteiger partial charge >= 0.3 is 6.09 Å². The third-order valence-electron chi connectivity index (χ3n) is 5.21. The zero-order valence-corrected chi connectivity index (χ0v) is 17.7. The number of nitrogens with zero attached hydrogens (tertiary/aromatic N) is 1. The van der Waals surface area contributed by atoms with Gasteiger partial charge < -0.3 is 25.4 Å². The van der Waals surface area contributed by atoms with E-state index in [2.05, 4.69) is 16.0 Å².